The molecule has 112 valence electrons. The number of nitrogens with one attached hydrogen (secondary N) is 1. The van der Waals surface area contributed by atoms with Crippen molar-refractivity contribution in [3.8, 4) is 5.75 Å². The first-order valence-corrected chi connectivity index (χ1v) is 6.50. The van der Waals surface area contributed by atoms with Crippen molar-refractivity contribution >= 4 is 23.5 Å². The van der Waals surface area contributed by atoms with Crippen molar-refractivity contribution in [1.82, 2.24) is 5.32 Å². The summed E-state index contributed by atoms with van der Waals surface area (Å²) in [5, 5.41) is 11.3. The zero-order chi connectivity index (χ0) is 15.4. The van der Waals surface area contributed by atoms with Crippen LogP contribution in [0.4, 0.5) is 5.69 Å². The van der Waals surface area contributed by atoms with Gasteiger partial charge in [-0.1, -0.05) is 19.1 Å². The number of carboxylic acids is 1. The van der Waals surface area contributed by atoms with E-state index in [1.165, 1.54) is 11.8 Å². The smallest absolute Gasteiger partial charge is 0.308 e. The molecule has 2 amide bonds. The summed E-state index contributed by atoms with van der Waals surface area (Å²) in [6.07, 6.45) is 0. The molecule has 1 atom stereocenters. The van der Waals surface area contributed by atoms with Crippen molar-refractivity contribution < 1.29 is 24.2 Å². The second kappa shape index (κ2) is 6.25. The van der Waals surface area contributed by atoms with Crippen molar-refractivity contribution in [3.63, 3.8) is 0 Å². The summed E-state index contributed by atoms with van der Waals surface area (Å²) in [7, 11) is 0. The summed E-state index contributed by atoms with van der Waals surface area (Å²) in [4.78, 5) is 35.7. The van der Waals surface area contributed by atoms with E-state index in [2.05, 4.69) is 5.32 Å². The Bertz CT molecular complexity index is 572. The number of ether oxygens (including phenoxy) is 1. The lowest BCUT2D eigenvalue weighted by molar-refractivity contribution is -0.141. The third kappa shape index (κ3) is 3.50. The molecule has 0 saturated heterocycles. The van der Waals surface area contributed by atoms with Crippen molar-refractivity contribution in [1.29, 1.82) is 0 Å². The largest absolute Gasteiger partial charge is 0.482 e. The van der Waals surface area contributed by atoms with E-state index in [1.54, 1.807) is 24.3 Å². The van der Waals surface area contributed by atoms with Crippen LogP contribution in [0.3, 0.4) is 0 Å². The summed E-state index contributed by atoms with van der Waals surface area (Å²) < 4.78 is 5.28. The van der Waals surface area contributed by atoms with Crippen LogP contribution in [0.2, 0.25) is 0 Å². The zero-order valence-electron chi connectivity index (χ0n) is 11.5. The number of para-hydroxylation sites is 2. The Morgan fingerprint density at radius 2 is 2.14 bits per heavy atom. The van der Waals surface area contributed by atoms with Crippen LogP contribution in [0.5, 0.6) is 5.75 Å². The van der Waals surface area contributed by atoms with Crippen LogP contribution in [0.15, 0.2) is 24.3 Å². The summed E-state index contributed by atoms with van der Waals surface area (Å²) in [5.74, 6) is -1.84. The molecule has 2 N–H and O–H groups in total. The third-order valence-corrected chi connectivity index (χ3v) is 3.14. The lowest BCUT2D eigenvalue weighted by atomic mass is 10.2. The van der Waals surface area contributed by atoms with Gasteiger partial charge in [0, 0.05) is 6.54 Å². The number of fused-ring (bicyclic) bond motifs is 1. The predicted molar refractivity (Wildman–Crippen MR) is 74.1 cm³/mol. The van der Waals surface area contributed by atoms with E-state index in [1.807, 2.05) is 0 Å². The van der Waals surface area contributed by atoms with Crippen molar-refractivity contribution in [2.45, 2.75) is 6.92 Å². The second-order valence-electron chi connectivity index (χ2n) is 4.78. The van der Waals surface area contributed by atoms with Gasteiger partial charge in [0.2, 0.25) is 5.91 Å². The standard InChI is InChI=1S/C14H16N2O5/c1-9(14(19)20)6-15-12(17)7-16-10-4-2-3-5-11(10)21-8-13(16)18/h2-5,9H,6-8H2,1H3,(H,15,17)(H,19,20)/t9-/m0/s1. The number of amides is 2. The van der Waals surface area contributed by atoms with E-state index < -0.39 is 17.8 Å². The fraction of sp³-hybridized carbons (Fsp3) is 0.357. The van der Waals surface area contributed by atoms with Crippen molar-refractivity contribution in [2.24, 2.45) is 5.92 Å². The van der Waals surface area contributed by atoms with Gasteiger partial charge in [0.15, 0.2) is 6.61 Å². The minimum absolute atomic E-state index is 0.0222. The minimum Gasteiger partial charge on any atom is -0.482 e. The maximum atomic E-state index is 11.9. The normalized spacial score (nSPS) is 14.9. The molecule has 0 spiro atoms. The number of hydrogen-bond donors (Lipinski definition) is 2. The lowest BCUT2D eigenvalue weighted by Gasteiger charge is -2.28. The summed E-state index contributed by atoms with van der Waals surface area (Å²) in [6, 6.07) is 6.94. The second-order valence-corrected chi connectivity index (χ2v) is 4.78. The fourth-order valence-corrected chi connectivity index (χ4v) is 1.88. The summed E-state index contributed by atoms with van der Waals surface area (Å²) >= 11 is 0. The first-order valence-electron chi connectivity index (χ1n) is 6.50. The van der Waals surface area contributed by atoms with Crippen LogP contribution >= 0.6 is 0 Å². The van der Waals surface area contributed by atoms with Crippen LogP contribution in [0, 0.1) is 5.92 Å². The molecule has 0 unspecified atom stereocenters. The van der Waals surface area contributed by atoms with E-state index in [0.29, 0.717) is 11.4 Å². The Morgan fingerprint density at radius 1 is 1.43 bits per heavy atom. The van der Waals surface area contributed by atoms with E-state index in [9.17, 15) is 14.4 Å². The molecule has 0 aromatic heterocycles. The zero-order valence-corrected chi connectivity index (χ0v) is 11.5. The molecule has 0 fully saturated rings. The van der Waals surface area contributed by atoms with Gasteiger partial charge in [-0.25, -0.2) is 0 Å². The number of benzene rings is 1. The van der Waals surface area contributed by atoms with Gasteiger partial charge in [0.1, 0.15) is 12.3 Å². The van der Waals surface area contributed by atoms with Gasteiger partial charge in [-0.2, -0.15) is 0 Å². The minimum atomic E-state index is -0.983. The van der Waals surface area contributed by atoms with E-state index in [-0.39, 0.29) is 25.6 Å². The maximum absolute atomic E-state index is 11.9. The molecule has 1 aromatic rings. The molecule has 0 bridgehead atoms. The molecule has 0 saturated carbocycles. The van der Waals surface area contributed by atoms with E-state index >= 15 is 0 Å². The average Bonchev–Trinajstić information content (AvgIpc) is 2.47. The van der Waals surface area contributed by atoms with E-state index in [0.717, 1.165) is 0 Å². The lowest BCUT2D eigenvalue weighted by Crippen LogP contribution is -2.46. The molecule has 0 radical (unpaired) electrons. The molecule has 7 heteroatoms. The Morgan fingerprint density at radius 3 is 2.86 bits per heavy atom. The first-order chi connectivity index (χ1) is 9.99. The number of rotatable bonds is 5. The molecule has 1 aliphatic heterocycles. The van der Waals surface area contributed by atoms with Gasteiger partial charge in [-0.15, -0.1) is 0 Å². The number of carbonyl (C=O) groups excluding carboxylic acids is 2. The molecule has 7 nitrogen and oxygen atoms in total. The highest BCUT2D eigenvalue weighted by molar-refractivity contribution is 6.02. The molecular weight excluding hydrogens is 276 g/mol. The highest BCUT2D eigenvalue weighted by Gasteiger charge is 2.27. The van der Waals surface area contributed by atoms with Crippen molar-refractivity contribution in [3.05, 3.63) is 24.3 Å². The van der Waals surface area contributed by atoms with Crippen LogP contribution < -0.4 is 15.0 Å². The molecule has 21 heavy (non-hydrogen) atoms. The summed E-state index contributed by atoms with van der Waals surface area (Å²) in [6.45, 7) is 1.24. The van der Waals surface area contributed by atoms with Gasteiger partial charge in [-0.3, -0.25) is 19.3 Å². The monoisotopic (exact) mass is 292 g/mol. The highest BCUT2D eigenvalue weighted by atomic mass is 16.5. The Balaban J connectivity index is 2.00. The Hall–Kier alpha value is -2.57. The fourth-order valence-electron chi connectivity index (χ4n) is 1.88. The van der Waals surface area contributed by atoms with Crippen LogP contribution in [-0.2, 0) is 14.4 Å². The maximum Gasteiger partial charge on any atom is 0.308 e. The molecule has 2 rings (SSSR count). The van der Waals surface area contributed by atoms with Crippen LogP contribution in [0.1, 0.15) is 6.92 Å². The first kappa shape index (κ1) is 14.8. The number of carboxylic acid groups (broad SMARTS) is 1. The molecule has 1 aromatic carbocycles. The summed E-state index contributed by atoms with van der Waals surface area (Å²) in [5.41, 5.74) is 0.537. The molecular formula is C14H16N2O5. The topological polar surface area (TPSA) is 95.9 Å². The third-order valence-electron chi connectivity index (χ3n) is 3.14. The Kier molecular flexibility index (Phi) is 4.42. The van der Waals surface area contributed by atoms with Gasteiger partial charge in [0.25, 0.3) is 5.91 Å². The number of anilines is 1. The van der Waals surface area contributed by atoms with Crippen LogP contribution in [0.25, 0.3) is 0 Å². The average molecular weight is 292 g/mol. The SMILES string of the molecule is C[C@@H](CNC(=O)CN1C(=O)COc2ccccc21)C(=O)O. The molecule has 1 heterocycles. The van der Waals surface area contributed by atoms with Gasteiger partial charge < -0.3 is 15.2 Å². The molecule has 0 aliphatic carbocycles. The number of aliphatic carboxylic acids is 1. The van der Waals surface area contributed by atoms with Crippen LogP contribution in [-0.4, -0.2) is 42.6 Å². The predicted octanol–water partition coefficient (Wildman–Crippen LogP) is 0.249. The van der Waals surface area contributed by atoms with Gasteiger partial charge in [-0.05, 0) is 12.1 Å². The van der Waals surface area contributed by atoms with Gasteiger partial charge >= 0.3 is 5.97 Å². The molecule has 1 aliphatic rings. The highest BCUT2D eigenvalue weighted by Crippen LogP contribution is 2.31. The number of hydrogen-bond acceptors (Lipinski definition) is 4. The number of nitrogens with zero attached hydrogens (tertiary/aromatic N) is 1. The van der Waals surface area contributed by atoms with Gasteiger partial charge in [0.05, 0.1) is 11.6 Å². The van der Waals surface area contributed by atoms with E-state index in [4.69, 9.17) is 9.84 Å². The number of carbonyl (C=O) groups is 3. The van der Waals surface area contributed by atoms with Crippen molar-refractivity contribution in [2.75, 3.05) is 24.6 Å². The Labute approximate surface area is 121 Å². The quantitative estimate of drug-likeness (QED) is 0.811.